The third kappa shape index (κ3) is 2.72. The summed E-state index contributed by atoms with van der Waals surface area (Å²) in [5.41, 5.74) is 1.71. The van der Waals surface area contributed by atoms with Gasteiger partial charge in [0.15, 0.2) is 5.65 Å². The molecule has 3 aromatic heterocycles. The highest BCUT2D eigenvalue weighted by Crippen LogP contribution is 2.28. The molecule has 0 spiro atoms. The second-order valence-electron chi connectivity index (χ2n) is 6.72. The molecule has 1 N–H and O–H groups in total. The second kappa shape index (κ2) is 5.74. The van der Waals surface area contributed by atoms with E-state index in [1.807, 2.05) is 22.9 Å². The third-order valence-corrected chi connectivity index (χ3v) is 6.76. The first-order chi connectivity index (χ1) is 12.6. The summed E-state index contributed by atoms with van der Waals surface area (Å²) in [6, 6.07) is 5.63. The molecular weight excluding hydrogens is 356 g/mol. The number of hydrogen-bond acceptors (Lipinski definition) is 7. The van der Waals surface area contributed by atoms with E-state index in [9.17, 15) is 8.42 Å². The SMILES string of the molecule is O=S(=O)(NCC1CN(c2ccc3nncn3n2)Cc2ccnn21)C1CC1. The predicted octanol–water partition coefficient (Wildman–Crippen LogP) is -0.0361. The Labute approximate surface area is 149 Å². The Morgan fingerprint density at radius 1 is 1.23 bits per heavy atom. The van der Waals surface area contributed by atoms with E-state index in [0.29, 0.717) is 25.3 Å². The van der Waals surface area contributed by atoms with Gasteiger partial charge in [0, 0.05) is 19.3 Å². The molecule has 1 unspecified atom stereocenters. The Morgan fingerprint density at radius 3 is 2.96 bits per heavy atom. The largest absolute Gasteiger partial charge is 0.347 e. The van der Waals surface area contributed by atoms with Crippen molar-refractivity contribution in [3.8, 4) is 0 Å². The zero-order valence-electron chi connectivity index (χ0n) is 13.9. The van der Waals surface area contributed by atoms with Crippen molar-refractivity contribution < 1.29 is 8.42 Å². The number of sulfonamides is 1. The Hall–Kier alpha value is -2.53. The van der Waals surface area contributed by atoms with Crippen LogP contribution in [0.2, 0.25) is 0 Å². The van der Waals surface area contributed by atoms with Crippen LogP contribution in [0.15, 0.2) is 30.7 Å². The molecule has 1 saturated carbocycles. The van der Waals surface area contributed by atoms with Gasteiger partial charge in [0.1, 0.15) is 12.1 Å². The molecule has 4 heterocycles. The van der Waals surface area contributed by atoms with Gasteiger partial charge in [0.25, 0.3) is 0 Å². The molecule has 5 rings (SSSR count). The molecule has 1 aliphatic carbocycles. The quantitative estimate of drug-likeness (QED) is 0.667. The highest BCUT2D eigenvalue weighted by molar-refractivity contribution is 7.90. The standard InChI is InChI=1S/C15H18N8O2S/c24-26(25,13-1-2-13)18-7-12-9-21(8-11-5-6-17-23(11)12)15-4-3-14-19-16-10-22(14)20-15/h3-6,10,12-13,18H,1-2,7-9H2. The fraction of sp³-hybridized carbons (Fsp3) is 0.467. The van der Waals surface area contributed by atoms with Gasteiger partial charge in [-0.2, -0.15) is 9.61 Å². The Kier molecular flexibility index (Phi) is 3.47. The summed E-state index contributed by atoms with van der Waals surface area (Å²) < 4.78 is 30.6. The lowest BCUT2D eigenvalue weighted by atomic mass is 10.2. The van der Waals surface area contributed by atoms with Gasteiger partial charge in [0.2, 0.25) is 10.0 Å². The lowest BCUT2D eigenvalue weighted by Gasteiger charge is -2.34. The maximum atomic E-state index is 12.2. The maximum absolute atomic E-state index is 12.2. The van der Waals surface area contributed by atoms with E-state index in [1.54, 1.807) is 17.0 Å². The molecule has 1 atom stereocenters. The Bertz CT molecular complexity index is 1050. The van der Waals surface area contributed by atoms with Crippen molar-refractivity contribution in [3.05, 3.63) is 36.4 Å². The zero-order chi connectivity index (χ0) is 17.7. The van der Waals surface area contributed by atoms with Gasteiger partial charge < -0.3 is 4.90 Å². The molecule has 0 aromatic carbocycles. The smallest absolute Gasteiger partial charge is 0.214 e. The molecular formula is C15H18N8O2S. The molecule has 11 heteroatoms. The van der Waals surface area contributed by atoms with E-state index in [-0.39, 0.29) is 11.3 Å². The minimum Gasteiger partial charge on any atom is -0.347 e. The van der Waals surface area contributed by atoms with Gasteiger partial charge in [-0.3, -0.25) is 4.68 Å². The van der Waals surface area contributed by atoms with Crippen LogP contribution in [0.25, 0.3) is 5.65 Å². The summed E-state index contributed by atoms with van der Waals surface area (Å²) in [7, 11) is -3.22. The number of anilines is 1. The average molecular weight is 374 g/mol. The number of nitrogens with zero attached hydrogens (tertiary/aromatic N) is 7. The summed E-state index contributed by atoms with van der Waals surface area (Å²) >= 11 is 0. The summed E-state index contributed by atoms with van der Waals surface area (Å²) in [6.45, 7) is 1.59. The van der Waals surface area contributed by atoms with Crippen molar-refractivity contribution in [2.24, 2.45) is 0 Å². The molecule has 136 valence electrons. The van der Waals surface area contributed by atoms with Crippen LogP contribution in [0, 0.1) is 0 Å². The number of hydrogen-bond donors (Lipinski definition) is 1. The van der Waals surface area contributed by atoms with Crippen LogP contribution >= 0.6 is 0 Å². The van der Waals surface area contributed by atoms with Crippen LogP contribution in [0.1, 0.15) is 24.6 Å². The molecule has 0 saturated heterocycles. The van der Waals surface area contributed by atoms with Crippen molar-refractivity contribution >= 4 is 21.5 Å². The molecule has 26 heavy (non-hydrogen) atoms. The lowest BCUT2D eigenvalue weighted by molar-refractivity contribution is 0.393. The maximum Gasteiger partial charge on any atom is 0.214 e. The first-order valence-corrected chi connectivity index (χ1v) is 10.1. The van der Waals surface area contributed by atoms with Crippen LogP contribution in [0.4, 0.5) is 5.82 Å². The van der Waals surface area contributed by atoms with E-state index in [1.165, 1.54) is 0 Å². The molecule has 0 radical (unpaired) electrons. The van der Waals surface area contributed by atoms with E-state index in [4.69, 9.17) is 0 Å². The zero-order valence-corrected chi connectivity index (χ0v) is 14.7. The number of rotatable bonds is 5. The topological polar surface area (TPSA) is 110 Å². The van der Waals surface area contributed by atoms with Gasteiger partial charge >= 0.3 is 0 Å². The molecule has 10 nitrogen and oxygen atoms in total. The summed E-state index contributed by atoms with van der Waals surface area (Å²) in [5, 5.41) is 16.5. The molecule has 3 aromatic rings. The number of fused-ring (bicyclic) bond motifs is 2. The van der Waals surface area contributed by atoms with E-state index >= 15 is 0 Å². The monoisotopic (exact) mass is 374 g/mol. The van der Waals surface area contributed by atoms with Crippen molar-refractivity contribution in [1.82, 2.24) is 34.3 Å². The fourth-order valence-electron chi connectivity index (χ4n) is 3.31. The van der Waals surface area contributed by atoms with Crippen molar-refractivity contribution in [1.29, 1.82) is 0 Å². The Morgan fingerprint density at radius 2 is 2.12 bits per heavy atom. The van der Waals surface area contributed by atoms with Crippen LogP contribution in [-0.2, 0) is 16.6 Å². The molecule has 1 fully saturated rings. The average Bonchev–Trinajstić information content (AvgIpc) is 3.23. The normalized spacial score (nSPS) is 20.5. The molecule has 0 amide bonds. The second-order valence-corrected chi connectivity index (χ2v) is 8.76. The fourth-order valence-corrected chi connectivity index (χ4v) is 4.73. The van der Waals surface area contributed by atoms with Crippen molar-refractivity contribution in [2.75, 3.05) is 18.0 Å². The number of aromatic nitrogens is 6. The van der Waals surface area contributed by atoms with Gasteiger partial charge in [0.05, 0.1) is 23.5 Å². The first-order valence-electron chi connectivity index (χ1n) is 8.53. The third-order valence-electron chi connectivity index (χ3n) is 4.84. The van der Waals surface area contributed by atoms with Crippen molar-refractivity contribution in [2.45, 2.75) is 30.7 Å². The van der Waals surface area contributed by atoms with Gasteiger partial charge in [-0.25, -0.2) is 13.1 Å². The van der Waals surface area contributed by atoms with Crippen LogP contribution in [0.3, 0.4) is 0 Å². The summed E-state index contributed by atoms with van der Waals surface area (Å²) in [4.78, 5) is 2.12. The van der Waals surface area contributed by atoms with E-state index in [0.717, 1.165) is 24.4 Å². The lowest BCUT2D eigenvalue weighted by Crippen LogP contribution is -2.44. The van der Waals surface area contributed by atoms with Crippen LogP contribution in [0.5, 0.6) is 0 Å². The summed E-state index contributed by atoms with van der Waals surface area (Å²) in [6.07, 6.45) is 4.82. The van der Waals surface area contributed by atoms with Gasteiger partial charge in [-0.1, -0.05) is 0 Å². The van der Waals surface area contributed by atoms with Crippen molar-refractivity contribution in [3.63, 3.8) is 0 Å². The predicted molar refractivity (Wildman–Crippen MR) is 93.0 cm³/mol. The Balaban J connectivity index is 1.40. The highest BCUT2D eigenvalue weighted by Gasteiger charge is 2.36. The number of nitrogens with one attached hydrogen (secondary N) is 1. The van der Waals surface area contributed by atoms with E-state index < -0.39 is 10.0 Å². The first kappa shape index (κ1) is 15.7. The summed E-state index contributed by atoms with van der Waals surface area (Å²) in [5.74, 6) is 0.791. The molecule has 1 aliphatic heterocycles. The molecule has 0 bridgehead atoms. The minimum atomic E-state index is -3.22. The van der Waals surface area contributed by atoms with Gasteiger partial charge in [-0.15, -0.1) is 15.3 Å². The minimum absolute atomic E-state index is 0.0966. The van der Waals surface area contributed by atoms with Crippen LogP contribution in [-0.4, -0.2) is 56.3 Å². The van der Waals surface area contributed by atoms with E-state index in [2.05, 4.69) is 30.0 Å². The molecule has 2 aliphatic rings. The van der Waals surface area contributed by atoms with Crippen LogP contribution < -0.4 is 9.62 Å². The van der Waals surface area contributed by atoms with Gasteiger partial charge in [-0.05, 0) is 31.0 Å². The highest BCUT2D eigenvalue weighted by atomic mass is 32.2.